The van der Waals surface area contributed by atoms with Crippen LogP contribution in [0.3, 0.4) is 0 Å². The molecule has 1 N–H and O–H groups in total. The molecule has 0 atom stereocenters. The summed E-state index contributed by atoms with van der Waals surface area (Å²) < 4.78 is 7.28. The molecular weight excluding hydrogens is 540 g/mol. The number of hydrogen-bond acceptors (Lipinski definition) is 3. The first kappa shape index (κ1) is 24.7. The Bertz CT molecular complexity index is 1320. The summed E-state index contributed by atoms with van der Waals surface area (Å²) in [6.07, 6.45) is 1.60. The quantitative estimate of drug-likeness (QED) is 0.251. The van der Waals surface area contributed by atoms with Crippen molar-refractivity contribution in [2.45, 2.75) is 13.2 Å². The number of anilines is 1. The molecule has 1 amide bonds. The Hall–Kier alpha value is -2.41. The Morgan fingerprint density at radius 2 is 1.59 bits per heavy atom. The van der Waals surface area contributed by atoms with Crippen molar-refractivity contribution < 1.29 is 9.53 Å². The van der Waals surface area contributed by atoms with Gasteiger partial charge in [0.25, 0.3) is 5.91 Å². The monoisotopic (exact) mass is 553 g/mol. The molecule has 4 aromatic rings. The SMILES string of the molecule is O=C(Nc1nn(Cc2c(Cl)cccc2Cl)cc1Cl)c1ccc(COc2ccc(Cl)cc2Cl)cc1. The topological polar surface area (TPSA) is 56.2 Å². The lowest BCUT2D eigenvalue weighted by molar-refractivity contribution is 0.102. The van der Waals surface area contributed by atoms with Crippen LogP contribution in [0.15, 0.2) is 66.9 Å². The van der Waals surface area contributed by atoms with Crippen LogP contribution in [0.5, 0.6) is 5.75 Å². The Morgan fingerprint density at radius 1 is 0.882 bits per heavy atom. The van der Waals surface area contributed by atoms with Crippen LogP contribution in [0, 0.1) is 0 Å². The van der Waals surface area contributed by atoms with E-state index < -0.39 is 0 Å². The number of carbonyl (C=O) groups excluding carboxylic acids is 1. The molecule has 0 aliphatic carbocycles. The molecule has 10 heteroatoms. The van der Waals surface area contributed by atoms with E-state index >= 15 is 0 Å². The van der Waals surface area contributed by atoms with Gasteiger partial charge in [-0.2, -0.15) is 5.10 Å². The molecule has 3 aromatic carbocycles. The molecule has 34 heavy (non-hydrogen) atoms. The van der Waals surface area contributed by atoms with E-state index in [4.69, 9.17) is 62.7 Å². The highest BCUT2D eigenvalue weighted by molar-refractivity contribution is 6.36. The minimum atomic E-state index is -0.351. The van der Waals surface area contributed by atoms with Crippen molar-refractivity contribution in [1.82, 2.24) is 9.78 Å². The molecule has 4 rings (SSSR count). The Labute approximate surface area is 221 Å². The predicted molar refractivity (Wildman–Crippen MR) is 138 cm³/mol. The molecule has 0 saturated carbocycles. The summed E-state index contributed by atoms with van der Waals surface area (Å²) in [5.74, 6) is 0.409. The number of nitrogens with one attached hydrogen (secondary N) is 1. The zero-order chi connectivity index (χ0) is 24.2. The standard InChI is InChI=1S/C24H16Cl5N3O2/c25-16-8-9-22(20(28)10-16)34-13-14-4-6-15(7-5-14)24(33)30-23-21(29)12-32(31-23)11-17-18(26)2-1-3-19(17)27/h1-10,12H,11,13H2,(H,30,31,33). The van der Waals surface area contributed by atoms with Gasteiger partial charge in [0.2, 0.25) is 0 Å². The molecule has 0 aliphatic rings. The maximum atomic E-state index is 12.7. The summed E-state index contributed by atoms with van der Waals surface area (Å²) in [5, 5.41) is 9.36. The molecule has 5 nitrogen and oxygen atoms in total. The fourth-order valence-corrected chi connectivity index (χ4v) is 4.27. The first-order chi connectivity index (χ1) is 16.3. The van der Waals surface area contributed by atoms with E-state index in [1.807, 2.05) is 0 Å². The van der Waals surface area contributed by atoms with Crippen molar-refractivity contribution in [3.8, 4) is 5.75 Å². The number of benzene rings is 3. The lowest BCUT2D eigenvalue weighted by Crippen LogP contribution is -2.13. The minimum absolute atomic E-state index is 0.236. The van der Waals surface area contributed by atoms with Gasteiger partial charge in [-0.1, -0.05) is 76.2 Å². The van der Waals surface area contributed by atoms with Crippen molar-refractivity contribution >= 4 is 69.7 Å². The van der Waals surface area contributed by atoms with Crippen LogP contribution in [0.25, 0.3) is 0 Å². The van der Waals surface area contributed by atoms with Crippen molar-refractivity contribution in [2.24, 2.45) is 0 Å². The summed E-state index contributed by atoms with van der Waals surface area (Å²) >= 11 is 30.7. The molecule has 1 aromatic heterocycles. The smallest absolute Gasteiger partial charge is 0.256 e. The maximum Gasteiger partial charge on any atom is 0.256 e. The van der Waals surface area contributed by atoms with Crippen LogP contribution in [0.4, 0.5) is 5.82 Å². The first-order valence-corrected chi connectivity index (χ1v) is 11.8. The van der Waals surface area contributed by atoms with E-state index in [1.165, 1.54) is 0 Å². The van der Waals surface area contributed by atoms with Crippen LogP contribution >= 0.6 is 58.0 Å². The van der Waals surface area contributed by atoms with Crippen LogP contribution in [-0.2, 0) is 13.2 Å². The number of aromatic nitrogens is 2. The van der Waals surface area contributed by atoms with Crippen molar-refractivity contribution in [3.05, 3.63) is 109 Å². The molecule has 0 aliphatic heterocycles. The second kappa shape index (κ2) is 10.9. The lowest BCUT2D eigenvalue weighted by atomic mass is 10.1. The largest absolute Gasteiger partial charge is 0.487 e. The normalized spacial score (nSPS) is 10.9. The second-order valence-electron chi connectivity index (χ2n) is 7.24. The van der Waals surface area contributed by atoms with Gasteiger partial charge in [0.05, 0.1) is 11.6 Å². The van der Waals surface area contributed by atoms with Gasteiger partial charge in [-0.05, 0) is 48.0 Å². The molecule has 0 radical (unpaired) electrons. The second-order valence-corrected chi connectivity index (χ2v) is 9.30. The van der Waals surface area contributed by atoms with E-state index in [0.29, 0.717) is 48.5 Å². The van der Waals surface area contributed by atoms with Crippen LogP contribution in [0.2, 0.25) is 25.1 Å². The summed E-state index contributed by atoms with van der Waals surface area (Å²) in [5.41, 5.74) is 2.01. The number of nitrogens with zero attached hydrogens (tertiary/aromatic N) is 2. The number of rotatable bonds is 7. The summed E-state index contributed by atoms with van der Waals surface area (Å²) in [4.78, 5) is 12.7. The predicted octanol–water partition coefficient (Wildman–Crippen LogP) is 8.03. The first-order valence-electron chi connectivity index (χ1n) is 9.94. The number of amides is 1. The van der Waals surface area contributed by atoms with Gasteiger partial charge in [-0.15, -0.1) is 0 Å². The van der Waals surface area contributed by atoms with E-state index in [0.717, 1.165) is 5.56 Å². The fourth-order valence-electron chi connectivity index (χ4n) is 3.09. The summed E-state index contributed by atoms with van der Waals surface area (Å²) in [6.45, 7) is 0.588. The van der Waals surface area contributed by atoms with Gasteiger partial charge in [0.1, 0.15) is 17.4 Å². The molecular formula is C24H16Cl5N3O2. The van der Waals surface area contributed by atoms with Crippen LogP contribution in [0.1, 0.15) is 21.5 Å². The van der Waals surface area contributed by atoms with Crippen molar-refractivity contribution in [3.63, 3.8) is 0 Å². The zero-order valence-corrected chi connectivity index (χ0v) is 21.1. The van der Waals surface area contributed by atoms with E-state index in [2.05, 4.69) is 10.4 Å². The van der Waals surface area contributed by atoms with Crippen LogP contribution in [-0.4, -0.2) is 15.7 Å². The highest BCUT2D eigenvalue weighted by Gasteiger charge is 2.14. The Morgan fingerprint density at radius 3 is 2.26 bits per heavy atom. The summed E-state index contributed by atoms with van der Waals surface area (Å²) in [7, 11) is 0. The third-order valence-corrected chi connectivity index (χ3v) is 6.35. The molecule has 0 fully saturated rings. The maximum absolute atomic E-state index is 12.7. The highest BCUT2D eigenvalue weighted by Crippen LogP contribution is 2.29. The van der Waals surface area contributed by atoms with Gasteiger partial charge in [0, 0.05) is 32.4 Å². The van der Waals surface area contributed by atoms with E-state index in [-0.39, 0.29) is 18.3 Å². The van der Waals surface area contributed by atoms with Gasteiger partial charge >= 0.3 is 0 Å². The average Bonchev–Trinajstić information content (AvgIpc) is 3.14. The molecule has 1 heterocycles. The minimum Gasteiger partial charge on any atom is -0.487 e. The third-order valence-electron chi connectivity index (χ3n) is 4.84. The van der Waals surface area contributed by atoms with Crippen molar-refractivity contribution in [1.29, 1.82) is 0 Å². The highest BCUT2D eigenvalue weighted by atomic mass is 35.5. The number of halogens is 5. The molecule has 0 unspecified atom stereocenters. The molecule has 0 spiro atoms. The number of carbonyl (C=O) groups is 1. The molecule has 0 saturated heterocycles. The average molecular weight is 556 g/mol. The Kier molecular flexibility index (Phi) is 7.91. The van der Waals surface area contributed by atoms with Gasteiger partial charge in [0.15, 0.2) is 5.82 Å². The van der Waals surface area contributed by atoms with E-state index in [9.17, 15) is 4.79 Å². The lowest BCUT2D eigenvalue weighted by Gasteiger charge is -2.09. The van der Waals surface area contributed by atoms with Gasteiger partial charge in [-0.3, -0.25) is 9.48 Å². The van der Waals surface area contributed by atoms with Gasteiger partial charge < -0.3 is 10.1 Å². The zero-order valence-electron chi connectivity index (χ0n) is 17.4. The fraction of sp³-hybridized carbons (Fsp3) is 0.0833. The Balaban J connectivity index is 1.39. The third kappa shape index (κ3) is 5.98. The van der Waals surface area contributed by atoms with E-state index in [1.54, 1.807) is 71.5 Å². The summed E-state index contributed by atoms with van der Waals surface area (Å²) in [6, 6.07) is 17.2. The number of ether oxygens (including phenoxy) is 1. The van der Waals surface area contributed by atoms with Crippen molar-refractivity contribution in [2.75, 3.05) is 5.32 Å². The molecule has 174 valence electrons. The molecule has 0 bridgehead atoms. The van der Waals surface area contributed by atoms with Gasteiger partial charge in [-0.25, -0.2) is 0 Å². The number of hydrogen-bond donors (Lipinski definition) is 1. The van der Waals surface area contributed by atoms with Crippen LogP contribution < -0.4 is 10.1 Å².